The number of benzene rings is 3. The van der Waals surface area contributed by atoms with Crippen LogP contribution in [0.1, 0.15) is 22.3 Å². The Bertz CT molecular complexity index is 875. The van der Waals surface area contributed by atoms with Crippen molar-refractivity contribution in [2.45, 2.75) is 26.8 Å². The minimum Gasteiger partial charge on any atom is -0.344 e. The maximum atomic E-state index is 5.78. The first-order chi connectivity index (χ1) is 13.1. The van der Waals surface area contributed by atoms with Gasteiger partial charge in [0, 0.05) is 18.8 Å². The molecule has 0 fully saturated rings. The lowest BCUT2D eigenvalue weighted by atomic mass is 10.1. The van der Waals surface area contributed by atoms with Gasteiger partial charge in [0.15, 0.2) is 5.11 Å². The van der Waals surface area contributed by atoms with E-state index >= 15 is 0 Å². The summed E-state index contributed by atoms with van der Waals surface area (Å²) < 4.78 is 0. The first-order valence-electron chi connectivity index (χ1n) is 9.33. The Morgan fingerprint density at radius 3 is 2.11 bits per heavy atom. The van der Waals surface area contributed by atoms with Crippen molar-refractivity contribution in [3.05, 3.63) is 101 Å². The van der Waals surface area contributed by atoms with Gasteiger partial charge in [-0.3, -0.25) is 0 Å². The number of hydrogen-bond acceptors (Lipinski definition) is 1. The van der Waals surface area contributed by atoms with Crippen molar-refractivity contribution in [1.29, 1.82) is 0 Å². The van der Waals surface area contributed by atoms with E-state index in [-0.39, 0.29) is 0 Å². The van der Waals surface area contributed by atoms with E-state index in [4.69, 9.17) is 12.2 Å². The van der Waals surface area contributed by atoms with Gasteiger partial charge in [0.25, 0.3) is 0 Å². The summed E-state index contributed by atoms with van der Waals surface area (Å²) in [6, 6.07) is 27.5. The maximum Gasteiger partial charge on any atom is 0.173 e. The number of rotatable bonds is 6. The van der Waals surface area contributed by atoms with Crippen LogP contribution in [0.3, 0.4) is 0 Å². The molecule has 0 radical (unpaired) electrons. The molecule has 1 N–H and O–H groups in total. The van der Waals surface area contributed by atoms with E-state index in [1.165, 1.54) is 22.3 Å². The highest BCUT2D eigenvalue weighted by atomic mass is 32.1. The molecule has 0 aromatic heterocycles. The second kappa shape index (κ2) is 9.33. The first-order valence-corrected chi connectivity index (χ1v) is 9.73. The molecular formula is C24H26N2S. The molecular weight excluding hydrogens is 348 g/mol. The van der Waals surface area contributed by atoms with Gasteiger partial charge in [-0.2, -0.15) is 0 Å². The zero-order valence-electron chi connectivity index (χ0n) is 16.0. The summed E-state index contributed by atoms with van der Waals surface area (Å²) in [5, 5.41) is 4.22. The van der Waals surface area contributed by atoms with E-state index in [1.807, 2.05) is 6.07 Å². The minimum absolute atomic E-state index is 0.765. The molecule has 0 atom stereocenters. The number of anilines is 1. The van der Waals surface area contributed by atoms with Gasteiger partial charge < -0.3 is 10.2 Å². The summed E-state index contributed by atoms with van der Waals surface area (Å²) in [7, 11) is 0. The molecule has 3 aromatic carbocycles. The smallest absolute Gasteiger partial charge is 0.173 e. The number of thiocarbonyl (C=S) groups is 1. The topological polar surface area (TPSA) is 15.3 Å². The molecule has 138 valence electrons. The molecule has 27 heavy (non-hydrogen) atoms. The molecule has 0 aliphatic carbocycles. The first kappa shape index (κ1) is 19.1. The van der Waals surface area contributed by atoms with Crippen molar-refractivity contribution >= 4 is 23.0 Å². The predicted octanol–water partition coefficient (Wildman–Crippen LogP) is 5.75. The summed E-state index contributed by atoms with van der Waals surface area (Å²) in [5.41, 5.74) is 6.12. The van der Waals surface area contributed by atoms with Crippen LogP contribution in [0.15, 0.2) is 78.9 Å². The van der Waals surface area contributed by atoms with E-state index in [0.717, 1.165) is 30.3 Å². The largest absolute Gasteiger partial charge is 0.344 e. The van der Waals surface area contributed by atoms with Crippen LogP contribution < -0.4 is 5.32 Å². The monoisotopic (exact) mass is 374 g/mol. The van der Waals surface area contributed by atoms with Gasteiger partial charge >= 0.3 is 0 Å². The molecule has 0 amide bonds. The van der Waals surface area contributed by atoms with Crippen molar-refractivity contribution in [3.8, 4) is 0 Å². The minimum atomic E-state index is 0.765. The number of nitrogens with zero attached hydrogens (tertiary/aromatic N) is 1. The lowest BCUT2D eigenvalue weighted by molar-refractivity contribution is 0.423. The lowest BCUT2D eigenvalue weighted by Gasteiger charge is -2.27. The van der Waals surface area contributed by atoms with Crippen LogP contribution in [0.5, 0.6) is 0 Å². The summed E-state index contributed by atoms with van der Waals surface area (Å²) in [6.45, 7) is 5.89. The van der Waals surface area contributed by atoms with E-state index in [1.54, 1.807) is 0 Å². The number of nitrogens with one attached hydrogen (secondary N) is 1. The zero-order valence-corrected chi connectivity index (χ0v) is 16.8. The molecule has 0 aliphatic heterocycles. The number of aryl methyl sites for hydroxylation is 2. The average Bonchev–Trinajstić information content (AvgIpc) is 2.69. The molecule has 2 nitrogen and oxygen atoms in total. The molecule has 3 heteroatoms. The third-order valence-corrected chi connectivity index (χ3v) is 5.00. The van der Waals surface area contributed by atoms with Gasteiger partial charge in [-0.25, -0.2) is 0 Å². The second-order valence-corrected chi connectivity index (χ2v) is 7.28. The van der Waals surface area contributed by atoms with Crippen LogP contribution in [-0.2, 0) is 13.0 Å². The highest BCUT2D eigenvalue weighted by Crippen LogP contribution is 2.17. The summed E-state index contributed by atoms with van der Waals surface area (Å²) >= 11 is 5.78. The molecule has 0 unspecified atom stereocenters. The Hall–Kier alpha value is -2.65. The molecule has 0 saturated carbocycles. The van der Waals surface area contributed by atoms with E-state index < -0.39 is 0 Å². The molecule has 0 aliphatic rings. The van der Waals surface area contributed by atoms with Gasteiger partial charge in [-0.1, -0.05) is 78.4 Å². The van der Waals surface area contributed by atoms with E-state index in [9.17, 15) is 0 Å². The summed E-state index contributed by atoms with van der Waals surface area (Å²) in [6.07, 6.45) is 0.961. The van der Waals surface area contributed by atoms with Crippen LogP contribution >= 0.6 is 12.2 Å². The molecule has 3 rings (SSSR count). The molecule has 0 bridgehead atoms. The van der Waals surface area contributed by atoms with Crippen molar-refractivity contribution in [2.24, 2.45) is 0 Å². The van der Waals surface area contributed by atoms with Crippen LogP contribution in [0.4, 0.5) is 5.69 Å². The van der Waals surface area contributed by atoms with Crippen LogP contribution in [0.25, 0.3) is 0 Å². The standard InChI is InChI=1S/C24H26N2S/c1-19-13-14-23(20(2)17-19)25-24(27)26(18-22-11-7-4-8-12-22)16-15-21-9-5-3-6-10-21/h3-14,17H,15-16,18H2,1-2H3,(H,25,27). The van der Waals surface area contributed by atoms with Gasteiger partial charge in [0.1, 0.15) is 0 Å². The molecule has 0 saturated heterocycles. The molecule has 0 spiro atoms. The highest BCUT2D eigenvalue weighted by molar-refractivity contribution is 7.80. The van der Waals surface area contributed by atoms with Gasteiger partial charge in [-0.15, -0.1) is 0 Å². The molecule has 0 heterocycles. The van der Waals surface area contributed by atoms with Gasteiger partial charge in [0.2, 0.25) is 0 Å². The Balaban J connectivity index is 1.74. The third kappa shape index (κ3) is 5.66. The number of hydrogen-bond donors (Lipinski definition) is 1. The van der Waals surface area contributed by atoms with Crippen LogP contribution in [-0.4, -0.2) is 16.6 Å². The van der Waals surface area contributed by atoms with E-state index in [0.29, 0.717) is 0 Å². The maximum absolute atomic E-state index is 5.78. The highest BCUT2D eigenvalue weighted by Gasteiger charge is 2.12. The van der Waals surface area contributed by atoms with E-state index in [2.05, 4.69) is 96.9 Å². The average molecular weight is 375 g/mol. The fraction of sp³-hybridized carbons (Fsp3) is 0.208. The second-order valence-electron chi connectivity index (χ2n) is 6.89. The molecule has 3 aromatic rings. The SMILES string of the molecule is Cc1ccc(NC(=S)N(CCc2ccccc2)Cc2ccccc2)c(C)c1. The Morgan fingerprint density at radius 1 is 0.852 bits per heavy atom. The zero-order chi connectivity index (χ0) is 19.1. The van der Waals surface area contributed by atoms with Gasteiger partial charge in [0.05, 0.1) is 0 Å². The summed E-state index contributed by atoms with van der Waals surface area (Å²) in [5.74, 6) is 0. The fourth-order valence-corrected chi connectivity index (χ4v) is 3.38. The fourth-order valence-electron chi connectivity index (χ4n) is 3.11. The lowest BCUT2D eigenvalue weighted by Crippen LogP contribution is -2.36. The third-order valence-electron chi connectivity index (χ3n) is 4.64. The van der Waals surface area contributed by atoms with Crippen molar-refractivity contribution < 1.29 is 0 Å². The Kier molecular flexibility index (Phi) is 6.61. The van der Waals surface area contributed by atoms with Gasteiger partial charge in [-0.05, 0) is 55.2 Å². The Morgan fingerprint density at radius 2 is 1.48 bits per heavy atom. The predicted molar refractivity (Wildman–Crippen MR) is 119 cm³/mol. The van der Waals surface area contributed by atoms with Crippen LogP contribution in [0.2, 0.25) is 0 Å². The van der Waals surface area contributed by atoms with Crippen molar-refractivity contribution in [3.63, 3.8) is 0 Å². The summed E-state index contributed by atoms with van der Waals surface area (Å²) in [4.78, 5) is 2.25. The Labute approximate surface area is 167 Å². The van der Waals surface area contributed by atoms with Crippen LogP contribution in [0, 0.1) is 13.8 Å². The normalized spacial score (nSPS) is 10.4. The van der Waals surface area contributed by atoms with Crippen molar-refractivity contribution in [1.82, 2.24) is 4.90 Å². The quantitative estimate of drug-likeness (QED) is 0.554. The van der Waals surface area contributed by atoms with Crippen molar-refractivity contribution in [2.75, 3.05) is 11.9 Å².